The number of amides is 1. The maximum absolute atomic E-state index is 12.4. The molecule has 0 aliphatic heterocycles. The SMILES string of the molecule is COC(=O)c1csc(CN(C(=O)C2CCC2)C2CC2)n1. The number of rotatable bonds is 5. The van der Waals surface area contributed by atoms with E-state index in [4.69, 9.17) is 0 Å². The highest BCUT2D eigenvalue weighted by molar-refractivity contribution is 7.09. The number of carbonyl (C=O) groups excluding carboxylic acids is 2. The highest BCUT2D eigenvalue weighted by atomic mass is 32.1. The van der Waals surface area contributed by atoms with E-state index in [1.54, 1.807) is 5.38 Å². The van der Waals surface area contributed by atoms with Gasteiger partial charge in [-0.2, -0.15) is 0 Å². The quantitative estimate of drug-likeness (QED) is 0.781. The largest absolute Gasteiger partial charge is 0.464 e. The summed E-state index contributed by atoms with van der Waals surface area (Å²) in [6, 6.07) is 0.383. The van der Waals surface area contributed by atoms with Gasteiger partial charge in [0.05, 0.1) is 13.7 Å². The maximum Gasteiger partial charge on any atom is 0.357 e. The van der Waals surface area contributed by atoms with Crippen LogP contribution >= 0.6 is 11.3 Å². The summed E-state index contributed by atoms with van der Waals surface area (Å²) >= 11 is 1.42. The summed E-state index contributed by atoms with van der Waals surface area (Å²) in [5.41, 5.74) is 0.333. The molecular formula is C14H18N2O3S. The first-order valence-electron chi connectivity index (χ1n) is 7.02. The lowest BCUT2D eigenvalue weighted by Crippen LogP contribution is -2.39. The minimum atomic E-state index is -0.421. The number of thiazole rings is 1. The molecule has 0 atom stereocenters. The van der Waals surface area contributed by atoms with Crippen molar-refractivity contribution in [1.82, 2.24) is 9.88 Å². The van der Waals surface area contributed by atoms with Crippen molar-refractivity contribution in [2.45, 2.75) is 44.7 Å². The fourth-order valence-corrected chi connectivity index (χ4v) is 3.15. The van der Waals surface area contributed by atoms with Crippen LogP contribution in [0, 0.1) is 5.92 Å². The Labute approximate surface area is 121 Å². The van der Waals surface area contributed by atoms with Crippen molar-refractivity contribution in [3.63, 3.8) is 0 Å². The van der Waals surface area contributed by atoms with Crippen LogP contribution in [-0.2, 0) is 16.1 Å². The summed E-state index contributed by atoms with van der Waals surface area (Å²) in [5.74, 6) is 0.0694. The van der Waals surface area contributed by atoms with Crippen molar-refractivity contribution in [3.8, 4) is 0 Å². The van der Waals surface area contributed by atoms with Crippen molar-refractivity contribution in [1.29, 1.82) is 0 Å². The van der Waals surface area contributed by atoms with Gasteiger partial charge in [0.15, 0.2) is 5.69 Å². The van der Waals surface area contributed by atoms with Crippen LogP contribution in [-0.4, -0.2) is 34.9 Å². The van der Waals surface area contributed by atoms with E-state index in [1.165, 1.54) is 24.9 Å². The lowest BCUT2D eigenvalue weighted by molar-refractivity contribution is -0.139. The number of hydrogen-bond donors (Lipinski definition) is 0. The predicted octanol–water partition coefficient (Wildman–Crippen LogP) is 2.22. The zero-order valence-electron chi connectivity index (χ0n) is 11.5. The smallest absolute Gasteiger partial charge is 0.357 e. The van der Waals surface area contributed by atoms with Crippen LogP contribution in [0.1, 0.15) is 47.6 Å². The van der Waals surface area contributed by atoms with Crippen LogP contribution in [0.25, 0.3) is 0 Å². The van der Waals surface area contributed by atoms with E-state index in [2.05, 4.69) is 9.72 Å². The second-order valence-electron chi connectivity index (χ2n) is 5.44. The van der Waals surface area contributed by atoms with E-state index < -0.39 is 5.97 Å². The van der Waals surface area contributed by atoms with Gasteiger partial charge in [0.1, 0.15) is 5.01 Å². The van der Waals surface area contributed by atoms with Gasteiger partial charge in [-0.1, -0.05) is 6.42 Å². The molecule has 108 valence electrons. The molecule has 3 rings (SSSR count). The van der Waals surface area contributed by atoms with Crippen molar-refractivity contribution < 1.29 is 14.3 Å². The van der Waals surface area contributed by atoms with E-state index in [0.29, 0.717) is 18.3 Å². The monoisotopic (exact) mass is 294 g/mol. The maximum atomic E-state index is 12.4. The summed E-state index contributed by atoms with van der Waals surface area (Å²) in [5, 5.41) is 2.50. The molecule has 2 aliphatic rings. The molecule has 1 heterocycles. The molecule has 0 N–H and O–H groups in total. The Bertz CT molecular complexity index is 520. The van der Waals surface area contributed by atoms with Gasteiger partial charge in [0.25, 0.3) is 0 Å². The van der Waals surface area contributed by atoms with Crippen LogP contribution < -0.4 is 0 Å². The van der Waals surface area contributed by atoms with Gasteiger partial charge < -0.3 is 9.64 Å². The molecule has 0 unspecified atom stereocenters. The van der Waals surface area contributed by atoms with Crippen molar-refractivity contribution >= 4 is 23.2 Å². The average molecular weight is 294 g/mol. The highest BCUT2D eigenvalue weighted by Crippen LogP contribution is 2.35. The van der Waals surface area contributed by atoms with Crippen LogP contribution in [0.5, 0.6) is 0 Å². The average Bonchev–Trinajstić information content (AvgIpc) is 3.11. The normalized spacial score (nSPS) is 18.4. The first-order chi connectivity index (χ1) is 9.69. The fourth-order valence-electron chi connectivity index (χ4n) is 2.39. The molecule has 1 aromatic rings. The molecule has 0 saturated heterocycles. The van der Waals surface area contributed by atoms with Crippen LogP contribution in [0.3, 0.4) is 0 Å². The second-order valence-corrected chi connectivity index (χ2v) is 6.39. The Kier molecular flexibility index (Phi) is 3.74. The molecule has 20 heavy (non-hydrogen) atoms. The van der Waals surface area contributed by atoms with E-state index in [1.807, 2.05) is 4.90 Å². The van der Waals surface area contributed by atoms with Crippen molar-refractivity contribution in [3.05, 3.63) is 16.1 Å². The lowest BCUT2D eigenvalue weighted by atomic mass is 9.84. The van der Waals surface area contributed by atoms with E-state index in [9.17, 15) is 9.59 Å². The van der Waals surface area contributed by atoms with Gasteiger partial charge >= 0.3 is 5.97 Å². The molecule has 2 fully saturated rings. The Morgan fingerprint density at radius 1 is 1.40 bits per heavy atom. The van der Waals surface area contributed by atoms with Crippen molar-refractivity contribution in [2.75, 3.05) is 7.11 Å². The molecule has 0 spiro atoms. The molecule has 1 aromatic heterocycles. The lowest BCUT2D eigenvalue weighted by Gasteiger charge is -2.31. The minimum Gasteiger partial charge on any atom is -0.464 e. The van der Waals surface area contributed by atoms with Gasteiger partial charge in [-0.05, 0) is 25.7 Å². The molecule has 1 amide bonds. The molecule has 2 saturated carbocycles. The first-order valence-corrected chi connectivity index (χ1v) is 7.90. The summed E-state index contributed by atoms with van der Waals surface area (Å²) < 4.78 is 4.65. The molecule has 0 bridgehead atoms. The van der Waals surface area contributed by atoms with Gasteiger partial charge in [0.2, 0.25) is 5.91 Å². The van der Waals surface area contributed by atoms with Gasteiger partial charge in [0, 0.05) is 17.3 Å². The number of methoxy groups -OCH3 is 1. The van der Waals surface area contributed by atoms with E-state index in [0.717, 1.165) is 30.7 Å². The molecule has 0 aromatic carbocycles. The Morgan fingerprint density at radius 3 is 2.70 bits per heavy atom. The highest BCUT2D eigenvalue weighted by Gasteiger charge is 2.38. The Balaban J connectivity index is 1.68. The Morgan fingerprint density at radius 2 is 2.15 bits per heavy atom. The fraction of sp³-hybridized carbons (Fsp3) is 0.643. The Hall–Kier alpha value is -1.43. The number of nitrogens with zero attached hydrogens (tertiary/aromatic N) is 2. The van der Waals surface area contributed by atoms with Gasteiger partial charge in [-0.15, -0.1) is 11.3 Å². The predicted molar refractivity (Wildman–Crippen MR) is 74.4 cm³/mol. The summed E-state index contributed by atoms with van der Waals surface area (Å²) in [6.45, 7) is 0.529. The van der Waals surface area contributed by atoms with E-state index >= 15 is 0 Å². The molecule has 5 nitrogen and oxygen atoms in total. The van der Waals surface area contributed by atoms with E-state index in [-0.39, 0.29) is 11.8 Å². The molecule has 6 heteroatoms. The third-order valence-corrected chi connectivity index (χ3v) is 4.81. The standard InChI is InChI=1S/C14H18N2O3S/c1-19-14(18)11-8-20-12(15-11)7-16(10-5-6-10)13(17)9-3-2-4-9/h8-10H,2-7H2,1H3. The van der Waals surface area contributed by atoms with Gasteiger partial charge in [-0.3, -0.25) is 4.79 Å². The topological polar surface area (TPSA) is 59.5 Å². The zero-order valence-corrected chi connectivity index (χ0v) is 12.3. The van der Waals surface area contributed by atoms with Crippen LogP contribution in [0.15, 0.2) is 5.38 Å². The minimum absolute atomic E-state index is 0.218. The first kappa shape index (κ1) is 13.5. The number of aromatic nitrogens is 1. The van der Waals surface area contributed by atoms with Gasteiger partial charge in [-0.25, -0.2) is 9.78 Å². The second kappa shape index (κ2) is 5.52. The summed E-state index contributed by atoms with van der Waals surface area (Å²) in [4.78, 5) is 30.0. The third kappa shape index (κ3) is 2.70. The number of hydrogen-bond acceptors (Lipinski definition) is 5. The number of carbonyl (C=O) groups is 2. The summed E-state index contributed by atoms with van der Waals surface area (Å²) in [6.07, 6.45) is 5.39. The van der Waals surface area contributed by atoms with Crippen LogP contribution in [0.2, 0.25) is 0 Å². The summed E-state index contributed by atoms with van der Waals surface area (Å²) in [7, 11) is 1.35. The van der Waals surface area contributed by atoms with Crippen molar-refractivity contribution in [2.24, 2.45) is 5.92 Å². The molecule has 2 aliphatic carbocycles. The molecular weight excluding hydrogens is 276 g/mol. The van der Waals surface area contributed by atoms with Crippen LogP contribution in [0.4, 0.5) is 0 Å². The number of ether oxygens (including phenoxy) is 1. The zero-order chi connectivity index (χ0) is 14.1. The number of esters is 1. The third-order valence-electron chi connectivity index (χ3n) is 3.98. The molecule has 0 radical (unpaired) electrons.